The highest BCUT2D eigenvalue weighted by molar-refractivity contribution is 6.07. The van der Waals surface area contributed by atoms with Crippen molar-refractivity contribution in [2.45, 2.75) is 6.54 Å². The summed E-state index contributed by atoms with van der Waals surface area (Å²) in [6.07, 6.45) is 8.21. The second-order valence-electron chi connectivity index (χ2n) is 6.14. The Bertz CT molecular complexity index is 1140. The molecule has 0 spiro atoms. The first kappa shape index (κ1) is 17.4. The average molecular weight is 379 g/mol. The van der Waals surface area contributed by atoms with Gasteiger partial charge in [0.1, 0.15) is 5.69 Å². The Morgan fingerprint density at radius 1 is 1.14 bits per heavy atom. The van der Waals surface area contributed by atoms with Gasteiger partial charge in [-0.1, -0.05) is 0 Å². The Kier molecular flexibility index (Phi) is 4.32. The zero-order valence-corrected chi connectivity index (χ0v) is 15.2. The Hall–Kier alpha value is -4.02. The van der Waals surface area contributed by atoms with Crippen LogP contribution in [-0.2, 0) is 20.6 Å². The average Bonchev–Trinajstić information content (AvgIpc) is 3.38. The Morgan fingerprint density at radius 2 is 2.00 bits per heavy atom. The summed E-state index contributed by atoms with van der Waals surface area (Å²) < 4.78 is 4.56. The van der Waals surface area contributed by atoms with Gasteiger partial charge in [-0.2, -0.15) is 15.3 Å². The molecule has 4 heterocycles. The number of anilines is 1. The lowest BCUT2D eigenvalue weighted by atomic mass is 10.3. The van der Waals surface area contributed by atoms with Crippen molar-refractivity contribution < 1.29 is 9.59 Å². The number of hydrogen-bond donors (Lipinski definition) is 2. The lowest BCUT2D eigenvalue weighted by molar-refractivity contribution is 0.0942. The van der Waals surface area contributed by atoms with E-state index in [0.717, 1.165) is 5.56 Å². The Balaban J connectivity index is 1.50. The van der Waals surface area contributed by atoms with Crippen molar-refractivity contribution in [3.05, 3.63) is 60.1 Å². The molecule has 11 nitrogen and oxygen atoms in total. The van der Waals surface area contributed by atoms with Gasteiger partial charge in [0.05, 0.1) is 18.1 Å². The predicted molar refractivity (Wildman–Crippen MR) is 98.5 cm³/mol. The third-order valence-electron chi connectivity index (χ3n) is 4.08. The zero-order valence-electron chi connectivity index (χ0n) is 15.2. The van der Waals surface area contributed by atoms with E-state index in [1.165, 1.54) is 15.4 Å². The van der Waals surface area contributed by atoms with E-state index in [2.05, 4.69) is 30.9 Å². The largest absolute Gasteiger partial charge is 0.346 e. The Labute approximate surface area is 159 Å². The number of nitrogens with one attached hydrogen (secondary N) is 2. The van der Waals surface area contributed by atoms with Crippen LogP contribution in [0.1, 0.15) is 26.5 Å². The van der Waals surface area contributed by atoms with E-state index in [4.69, 9.17) is 0 Å². The van der Waals surface area contributed by atoms with Crippen LogP contribution in [0.5, 0.6) is 0 Å². The molecule has 0 unspecified atom stereocenters. The van der Waals surface area contributed by atoms with Gasteiger partial charge in [0.15, 0.2) is 11.3 Å². The van der Waals surface area contributed by atoms with Crippen molar-refractivity contribution in [2.24, 2.45) is 14.1 Å². The molecule has 0 aliphatic carbocycles. The molecule has 0 bridgehead atoms. The minimum Gasteiger partial charge on any atom is -0.346 e. The number of amides is 2. The fourth-order valence-electron chi connectivity index (χ4n) is 2.75. The van der Waals surface area contributed by atoms with Gasteiger partial charge in [-0.05, 0) is 6.07 Å². The van der Waals surface area contributed by atoms with Crippen LogP contribution in [-0.4, -0.2) is 46.0 Å². The zero-order chi connectivity index (χ0) is 19.7. The first-order valence-electron chi connectivity index (χ1n) is 8.41. The molecule has 0 saturated carbocycles. The van der Waals surface area contributed by atoms with Gasteiger partial charge in [-0.25, -0.2) is 9.50 Å². The maximum Gasteiger partial charge on any atom is 0.276 e. The monoisotopic (exact) mass is 379 g/mol. The van der Waals surface area contributed by atoms with Crippen molar-refractivity contribution in [2.75, 3.05) is 5.32 Å². The van der Waals surface area contributed by atoms with Gasteiger partial charge in [0.2, 0.25) is 0 Å². The third kappa shape index (κ3) is 3.32. The van der Waals surface area contributed by atoms with Crippen molar-refractivity contribution >= 4 is 23.1 Å². The van der Waals surface area contributed by atoms with E-state index in [-0.39, 0.29) is 17.3 Å². The smallest absolute Gasteiger partial charge is 0.276 e. The van der Waals surface area contributed by atoms with Crippen molar-refractivity contribution in [1.29, 1.82) is 0 Å². The lowest BCUT2D eigenvalue weighted by Crippen LogP contribution is -2.26. The molecule has 142 valence electrons. The van der Waals surface area contributed by atoms with E-state index in [1.807, 2.05) is 6.20 Å². The van der Waals surface area contributed by atoms with Crippen LogP contribution in [0.2, 0.25) is 0 Å². The summed E-state index contributed by atoms with van der Waals surface area (Å²) in [5.41, 5.74) is 2.12. The SMILES string of the molecule is Cn1cc(CNC(=O)c2c(NC(=O)c3cc4ncccn4n3)cnn2C)cn1. The molecule has 2 N–H and O–H groups in total. The van der Waals surface area contributed by atoms with Gasteiger partial charge in [0.25, 0.3) is 11.8 Å². The van der Waals surface area contributed by atoms with E-state index in [0.29, 0.717) is 17.9 Å². The number of aryl methyl sites for hydroxylation is 2. The summed E-state index contributed by atoms with van der Waals surface area (Å²) in [6.45, 7) is 0.309. The summed E-state index contributed by atoms with van der Waals surface area (Å²) in [5, 5.41) is 17.8. The number of carbonyl (C=O) groups excluding carboxylic acids is 2. The van der Waals surface area contributed by atoms with Gasteiger partial charge in [-0.3, -0.25) is 19.0 Å². The summed E-state index contributed by atoms with van der Waals surface area (Å²) in [4.78, 5) is 29.3. The first-order chi connectivity index (χ1) is 13.5. The van der Waals surface area contributed by atoms with E-state index in [9.17, 15) is 9.59 Å². The number of nitrogens with zero attached hydrogens (tertiary/aromatic N) is 7. The quantitative estimate of drug-likeness (QED) is 0.517. The molecule has 2 amide bonds. The summed E-state index contributed by atoms with van der Waals surface area (Å²) in [7, 11) is 3.43. The van der Waals surface area contributed by atoms with Crippen LogP contribution in [0.25, 0.3) is 5.65 Å². The van der Waals surface area contributed by atoms with Crippen LogP contribution < -0.4 is 10.6 Å². The number of carbonyl (C=O) groups is 2. The first-order valence-corrected chi connectivity index (χ1v) is 8.41. The summed E-state index contributed by atoms with van der Waals surface area (Å²) in [5.74, 6) is -0.823. The van der Waals surface area contributed by atoms with Crippen LogP contribution in [0.15, 0.2) is 43.1 Å². The minimum atomic E-state index is -0.459. The number of rotatable bonds is 5. The van der Waals surface area contributed by atoms with Gasteiger partial charge in [-0.15, -0.1) is 0 Å². The van der Waals surface area contributed by atoms with Crippen LogP contribution in [0, 0.1) is 0 Å². The molecule has 4 aromatic heterocycles. The van der Waals surface area contributed by atoms with E-state index in [1.54, 1.807) is 49.5 Å². The van der Waals surface area contributed by atoms with Crippen LogP contribution in [0.4, 0.5) is 5.69 Å². The summed E-state index contributed by atoms with van der Waals surface area (Å²) in [6, 6.07) is 3.28. The standard InChI is InChI=1S/C17H17N9O2/c1-24-10-11(8-20-24)7-19-17(28)15-13(9-21-25(15)2)22-16(27)12-6-14-18-4-3-5-26(14)23-12/h3-6,8-10H,7H2,1-2H3,(H,19,28)(H,22,27). The molecule has 4 rings (SSSR count). The molecular weight excluding hydrogens is 362 g/mol. The van der Waals surface area contributed by atoms with E-state index >= 15 is 0 Å². The number of aromatic nitrogens is 7. The molecule has 4 aromatic rings. The van der Waals surface area contributed by atoms with Crippen molar-refractivity contribution in [3.8, 4) is 0 Å². The van der Waals surface area contributed by atoms with Gasteiger partial charge in [0, 0.05) is 50.9 Å². The van der Waals surface area contributed by atoms with E-state index < -0.39 is 5.91 Å². The predicted octanol–water partition coefficient (Wildman–Crippen LogP) is 0.379. The van der Waals surface area contributed by atoms with Gasteiger partial charge >= 0.3 is 0 Å². The highest BCUT2D eigenvalue weighted by Crippen LogP contribution is 2.16. The van der Waals surface area contributed by atoms with Crippen molar-refractivity contribution in [1.82, 2.24) is 39.5 Å². The molecule has 0 saturated heterocycles. The molecule has 0 fully saturated rings. The molecule has 0 radical (unpaired) electrons. The molecule has 28 heavy (non-hydrogen) atoms. The fourth-order valence-corrected chi connectivity index (χ4v) is 2.75. The molecule has 0 atom stereocenters. The topological polar surface area (TPSA) is 124 Å². The highest BCUT2D eigenvalue weighted by atomic mass is 16.2. The normalized spacial score (nSPS) is 10.9. The summed E-state index contributed by atoms with van der Waals surface area (Å²) >= 11 is 0. The minimum absolute atomic E-state index is 0.185. The molecule has 0 aliphatic rings. The van der Waals surface area contributed by atoms with Crippen LogP contribution >= 0.6 is 0 Å². The lowest BCUT2D eigenvalue weighted by Gasteiger charge is -2.07. The second-order valence-corrected chi connectivity index (χ2v) is 6.14. The maximum absolute atomic E-state index is 12.6. The molecule has 0 aromatic carbocycles. The van der Waals surface area contributed by atoms with Gasteiger partial charge < -0.3 is 10.6 Å². The van der Waals surface area contributed by atoms with Crippen LogP contribution in [0.3, 0.4) is 0 Å². The van der Waals surface area contributed by atoms with Crippen molar-refractivity contribution in [3.63, 3.8) is 0 Å². The number of fused-ring (bicyclic) bond motifs is 1. The highest BCUT2D eigenvalue weighted by Gasteiger charge is 2.20. The second kappa shape index (κ2) is 6.95. The molecular formula is C17H17N9O2. The molecule has 0 aliphatic heterocycles. The third-order valence-corrected chi connectivity index (χ3v) is 4.08. The maximum atomic E-state index is 12.6. The number of hydrogen-bond acceptors (Lipinski definition) is 6. The fraction of sp³-hybridized carbons (Fsp3) is 0.176. The Morgan fingerprint density at radius 3 is 2.75 bits per heavy atom. The molecule has 11 heteroatoms.